The van der Waals surface area contributed by atoms with Crippen molar-refractivity contribution in [2.24, 2.45) is 5.10 Å². The lowest BCUT2D eigenvalue weighted by Crippen LogP contribution is -2.00. The highest BCUT2D eigenvalue weighted by molar-refractivity contribution is 6.05. The number of hydrogen-bond donors (Lipinski definition) is 2. The van der Waals surface area contributed by atoms with Gasteiger partial charge in [0.15, 0.2) is 5.82 Å². The van der Waals surface area contributed by atoms with Crippen molar-refractivity contribution in [3.05, 3.63) is 54.0 Å². The predicted molar refractivity (Wildman–Crippen MR) is 90.7 cm³/mol. The topological polar surface area (TPSA) is 79.1 Å². The van der Waals surface area contributed by atoms with E-state index in [0.29, 0.717) is 5.82 Å². The Labute approximate surface area is 132 Å². The van der Waals surface area contributed by atoms with Crippen LogP contribution in [0.4, 0.5) is 5.82 Å². The van der Waals surface area contributed by atoms with Crippen LogP contribution in [0.3, 0.4) is 0 Å². The number of nitrogens with zero attached hydrogens (tertiary/aromatic N) is 3. The summed E-state index contributed by atoms with van der Waals surface area (Å²) >= 11 is 0. The summed E-state index contributed by atoms with van der Waals surface area (Å²) in [6, 6.07) is 13.7. The van der Waals surface area contributed by atoms with E-state index in [2.05, 4.69) is 25.7 Å². The molecule has 0 bridgehead atoms. The molecule has 0 aliphatic heterocycles. The molecular formula is C17H15N5O. The minimum absolute atomic E-state index is 0.576. The second-order valence-electron chi connectivity index (χ2n) is 5.38. The Morgan fingerprint density at radius 2 is 2.00 bits per heavy atom. The lowest BCUT2D eigenvalue weighted by molar-refractivity contribution is 0.525. The number of H-pyrrole nitrogens is 1. The molecule has 1 aromatic carbocycles. The molecule has 0 saturated heterocycles. The van der Waals surface area contributed by atoms with Gasteiger partial charge in [0.25, 0.3) is 0 Å². The normalized spacial score (nSPS) is 12.2. The van der Waals surface area contributed by atoms with Gasteiger partial charge in [-0.1, -0.05) is 18.2 Å². The molecule has 4 aromatic rings. The molecule has 0 aliphatic rings. The Morgan fingerprint density at radius 1 is 1.13 bits per heavy atom. The Hall–Kier alpha value is -3.15. The van der Waals surface area contributed by atoms with Crippen molar-refractivity contribution in [1.82, 2.24) is 15.2 Å². The van der Waals surface area contributed by atoms with Crippen LogP contribution in [0.25, 0.3) is 21.9 Å². The van der Waals surface area contributed by atoms with E-state index in [9.17, 15) is 0 Å². The lowest BCUT2D eigenvalue weighted by atomic mass is 10.2. The zero-order chi connectivity index (χ0) is 15.8. The van der Waals surface area contributed by atoms with Crippen molar-refractivity contribution in [3.63, 3.8) is 0 Å². The summed E-state index contributed by atoms with van der Waals surface area (Å²) in [6.07, 6.45) is 0. The number of anilines is 1. The van der Waals surface area contributed by atoms with Gasteiger partial charge >= 0.3 is 0 Å². The van der Waals surface area contributed by atoms with Gasteiger partial charge in [0.1, 0.15) is 22.7 Å². The van der Waals surface area contributed by atoms with Crippen LogP contribution in [0.5, 0.6) is 0 Å². The van der Waals surface area contributed by atoms with Crippen molar-refractivity contribution >= 4 is 33.5 Å². The smallest absolute Gasteiger partial charge is 0.170 e. The Morgan fingerprint density at radius 3 is 2.83 bits per heavy atom. The van der Waals surface area contributed by atoms with E-state index in [0.717, 1.165) is 39.2 Å². The highest BCUT2D eigenvalue weighted by Crippen LogP contribution is 2.23. The van der Waals surface area contributed by atoms with Crippen LogP contribution in [0, 0.1) is 6.92 Å². The molecule has 2 N–H and O–H groups in total. The average molecular weight is 305 g/mol. The molecule has 3 heterocycles. The van der Waals surface area contributed by atoms with Crippen LogP contribution in [0.15, 0.2) is 52.0 Å². The Kier molecular flexibility index (Phi) is 3.08. The number of hydrazone groups is 1. The molecule has 0 spiro atoms. The van der Waals surface area contributed by atoms with Gasteiger partial charge in [0, 0.05) is 17.0 Å². The summed E-state index contributed by atoms with van der Waals surface area (Å²) in [6.45, 7) is 3.78. The van der Waals surface area contributed by atoms with E-state index in [-0.39, 0.29) is 0 Å². The largest absolute Gasteiger partial charge is 0.460 e. The molecular weight excluding hydrogens is 290 g/mol. The van der Waals surface area contributed by atoms with Crippen molar-refractivity contribution < 1.29 is 4.42 Å². The van der Waals surface area contributed by atoms with Gasteiger partial charge in [-0.3, -0.25) is 5.43 Å². The first-order chi connectivity index (χ1) is 11.2. The highest BCUT2D eigenvalue weighted by Gasteiger charge is 2.07. The highest BCUT2D eigenvalue weighted by atomic mass is 16.3. The molecule has 0 fully saturated rings. The fourth-order valence-corrected chi connectivity index (χ4v) is 2.51. The molecule has 0 saturated carbocycles. The van der Waals surface area contributed by atoms with Crippen molar-refractivity contribution in [1.29, 1.82) is 0 Å². The van der Waals surface area contributed by atoms with E-state index in [1.54, 1.807) is 0 Å². The Balaban J connectivity index is 1.65. The Bertz CT molecular complexity index is 1030. The number of furan rings is 1. The zero-order valence-corrected chi connectivity index (χ0v) is 12.8. The van der Waals surface area contributed by atoms with Gasteiger partial charge < -0.3 is 9.40 Å². The number of benzene rings is 1. The van der Waals surface area contributed by atoms with Crippen LogP contribution >= 0.6 is 0 Å². The van der Waals surface area contributed by atoms with Gasteiger partial charge in [-0.2, -0.15) is 5.10 Å². The number of hydrogen-bond acceptors (Lipinski definition) is 5. The van der Waals surface area contributed by atoms with Gasteiger partial charge in [-0.05, 0) is 32.0 Å². The first-order valence-electron chi connectivity index (χ1n) is 7.32. The second kappa shape index (κ2) is 5.24. The number of aromatic nitrogens is 3. The monoisotopic (exact) mass is 305 g/mol. The molecule has 0 aliphatic carbocycles. The molecule has 0 unspecified atom stereocenters. The molecule has 23 heavy (non-hydrogen) atoms. The van der Waals surface area contributed by atoms with Crippen molar-refractivity contribution in [2.45, 2.75) is 13.8 Å². The lowest BCUT2D eigenvalue weighted by Gasteiger charge is -2.00. The minimum atomic E-state index is 0.576. The standard InChI is InChI=1S/C17H15N5O/c1-10-7-8-15(23-10)11(2)19-20-16-9-14-17(22-21-16)12-5-3-4-6-13(12)18-14/h3-9,18H,1-2H3,(H,20,21)/b19-11+. The summed E-state index contributed by atoms with van der Waals surface area (Å²) in [4.78, 5) is 3.33. The summed E-state index contributed by atoms with van der Waals surface area (Å²) < 4.78 is 5.53. The quantitative estimate of drug-likeness (QED) is 0.445. The first-order valence-corrected chi connectivity index (χ1v) is 7.32. The molecule has 0 amide bonds. The summed E-state index contributed by atoms with van der Waals surface area (Å²) in [5, 5.41) is 13.8. The van der Waals surface area contributed by atoms with E-state index in [1.165, 1.54) is 0 Å². The van der Waals surface area contributed by atoms with Crippen LogP contribution in [0.1, 0.15) is 18.4 Å². The second-order valence-corrected chi connectivity index (χ2v) is 5.38. The number of nitrogens with one attached hydrogen (secondary N) is 2. The van der Waals surface area contributed by atoms with E-state index in [1.807, 2.05) is 56.3 Å². The maximum absolute atomic E-state index is 5.53. The molecule has 4 rings (SSSR count). The molecule has 6 nitrogen and oxygen atoms in total. The SMILES string of the molecule is C/C(=N\Nc1cc2[nH]c3ccccc3c2nn1)c1ccc(C)o1. The van der Waals surface area contributed by atoms with E-state index in [4.69, 9.17) is 4.42 Å². The predicted octanol–water partition coefficient (Wildman–Crippen LogP) is 3.85. The summed E-state index contributed by atoms with van der Waals surface area (Å²) in [5.74, 6) is 2.16. The third kappa shape index (κ3) is 2.44. The van der Waals surface area contributed by atoms with Crippen LogP contribution < -0.4 is 5.43 Å². The minimum Gasteiger partial charge on any atom is -0.460 e. The molecule has 6 heteroatoms. The van der Waals surface area contributed by atoms with Crippen molar-refractivity contribution in [2.75, 3.05) is 5.43 Å². The van der Waals surface area contributed by atoms with Gasteiger partial charge in [0.05, 0.1) is 5.52 Å². The molecule has 0 radical (unpaired) electrons. The van der Waals surface area contributed by atoms with Gasteiger partial charge in [0.2, 0.25) is 0 Å². The fraction of sp³-hybridized carbons (Fsp3) is 0.118. The van der Waals surface area contributed by atoms with E-state index < -0.39 is 0 Å². The third-order valence-corrected chi connectivity index (χ3v) is 3.68. The van der Waals surface area contributed by atoms with Gasteiger partial charge in [-0.15, -0.1) is 10.2 Å². The number of para-hydroxylation sites is 1. The van der Waals surface area contributed by atoms with Gasteiger partial charge in [-0.25, -0.2) is 0 Å². The van der Waals surface area contributed by atoms with Crippen LogP contribution in [0.2, 0.25) is 0 Å². The average Bonchev–Trinajstić information content (AvgIpc) is 3.15. The number of aryl methyl sites for hydroxylation is 1. The first kappa shape index (κ1) is 13.5. The summed E-state index contributed by atoms with van der Waals surface area (Å²) in [7, 11) is 0. The molecule has 0 atom stereocenters. The number of rotatable bonds is 3. The third-order valence-electron chi connectivity index (χ3n) is 3.68. The van der Waals surface area contributed by atoms with Crippen LogP contribution in [-0.4, -0.2) is 20.9 Å². The van der Waals surface area contributed by atoms with Crippen LogP contribution in [-0.2, 0) is 0 Å². The maximum atomic E-state index is 5.53. The zero-order valence-electron chi connectivity index (χ0n) is 12.8. The van der Waals surface area contributed by atoms with Crippen molar-refractivity contribution in [3.8, 4) is 0 Å². The number of fused-ring (bicyclic) bond motifs is 3. The fourth-order valence-electron chi connectivity index (χ4n) is 2.51. The number of aromatic amines is 1. The molecule has 3 aromatic heterocycles. The maximum Gasteiger partial charge on any atom is 0.170 e. The molecule has 114 valence electrons. The van der Waals surface area contributed by atoms with E-state index >= 15 is 0 Å². The summed E-state index contributed by atoms with van der Waals surface area (Å²) in [5.41, 5.74) is 6.49.